The van der Waals surface area contributed by atoms with Crippen LogP contribution < -0.4 is 0 Å². The van der Waals surface area contributed by atoms with Crippen LogP contribution in [0.4, 0.5) is 0 Å². The molecule has 2 aliphatic heterocycles. The Morgan fingerprint density at radius 3 is 2.82 bits per heavy atom. The molecule has 3 fully saturated rings. The summed E-state index contributed by atoms with van der Waals surface area (Å²) in [6, 6.07) is 0.995. The maximum absolute atomic E-state index is 2.66. The van der Waals surface area contributed by atoms with Crippen LogP contribution in [0.25, 0.3) is 0 Å². The van der Waals surface area contributed by atoms with E-state index in [4.69, 9.17) is 0 Å². The average molecular weight is 151 g/mol. The number of nitrogens with zero attached hydrogens (tertiary/aromatic N) is 1. The first-order chi connectivity index (χ1) is 5.29. The first-order valence-corrected chi connectivity index (χ1v) is 5.03. The summed E-state index contributed by atoms with van der Waals surface area (Å²) in [6.07, 6.45) is 1.49. The number of rotatable bonds is 0. The van der Waals surface area contributed by atoms with Crippen molar-refractivity contribution >= 4 is 0 Å². The molecule has 1 heteroatoms. The Bertz CT molecular complexity index is 187. The molecular formula is C10H17N. The molecule has 6 atom stereocenters. The Balaban J connectivity index is 1.81. The van der Waals surface area contributed by atoms with Crippen molar-refractivity contribution in [3.63, 3.8) is 0 Å². The number of hydrogen-bond acceptors (Lipinski definition) is 1. The van der Waals surface area contributed by atoms with E-state index in [1.165, 1.54) is 19.5 Å². The predicted molar refractivity (Wildman–Crippen MR) is 45.3 cm³/mol. The predicted octanol–water partition coefficient (Wildman–Crippen LogP) is 1.59. The van der Waals surface area contributed by atoms with Crippen LogP contribution in [0.3, 0.4) is 0 Å². The Kier molecular flexibility index (Phi) is 1.07. The van der Waals surface area contributed by atoms with E-state index in [9.17, 15) is 0 Å². The second-order valence-electron chi connectivity index (χ2n) is 4.81. The first kappa shape index (κ1) is 6.47. The van der Waals surface area contributed by atoms with E-state index in [1.54, 1.807) is 0 Å². The van der Waals surface area contributed by atoms with Crippen molar-refractivity contribution in [3.8, 4) is 0 Å². The molecule has 1 saturated carbocycles. The van der Waals surface area contributed by atoms with Gasteiger partial charge < -0.3 is 0 Å². The average Bonchev–Trinajstić information content (AvgIpc) is 2.77. The molecule has 2 saturated heterocycles. The highest BCUT2D eigenvalue weighted by Crippen LogP contribution is 2.57. The van der Waals surface area contributed by atoms with Gasteiger partial charge in [-0.2, -0.15) is 0 Å². The van der Waals surface area contributed by atoms with Crippen LogP contribution in [0.2, 0.25) is 0 Å². The summed E-state index contributed by atoms with van der Waals surface area (Å²) >= 11 is 0. The van der Waals surface area contributed by atoms with Gasteiger partial charge in [0.25, 0.3) is 0 Å². The zero-order valence-electron chi connectivity index (χ0n) is 7.46. The molecule has 0 aromatic carbocycles. The monoisotopic (exact) mass is 151 g/mol. The lowest BCUT2D eigenvalue weighted by Crippen LogP contribution is -2.11. The molecule has 0 aromatic heterocycles. The third-order valence-electron chi connectivity index (χ3n) is 4.36. The van der Waals surface area contributed by atoms with E-state index in [0.29, 0.717) is 0 Å². The Morgan fingerprint density at radius 1 is 1.18 bits per heavy atom. The van der Waals surface area contributed by atoms with Crippen molar-refractivity contribution in [1.82, 2.24) is 4.90 Å². The van der Waals surface area contributed by atoms with Crippen LogP contribution in [0.15, 0.2) is 0 Å². The van der Waals surface area contributed by atoms with Crippen LogP contribution >= 0.6 is 0 Å². The van der Waals surface area contributed by atoms with Crippen molar-refractivity contribution in [2.75, 3.05) is 13.1 Å². The fourth-order valence-corrected chi connectivity index (χ4v) is 3.42. The summed E-state index contributed by atoms with van der Waals surface area (Å²) in [5, 5.41) is 0. The third kappa shape index (κ3) is 0.752. The van der Waals surface area contributed by atoms with Crippen LogP contribution in [0.5, 0.6) is 0 Å². The van der Waals surface area contributed by atoms with E-state index < -0.39 is 0 Å². The largest absolute Gasteiger partial charge is 0.297 e. The van der Waals surface area contributed by atoms with Crippen molar-refractivity contribution in [2.45, 2.75) is 26.3 Å². The van der Waals surface area contributed by atoms with Crippen molar-refractivity contribution < 1.29 is 0 Å². The summed E-state index contributed by atoms with van der Waals surface area (Å²) in [4.78, 5) is 2.66. The normalized spacial score (nSPS) is 66.0. The maximum Gasteiger partial charge on any atom is 0.0252 e. The highest BCUT2D eigenvalue weighted by molar-refractivity contribution is 5.08. The molecule has 0 aromatic rings. The maximum atomic E-state index is 2.66. The second-order valence-corrected chi connectivity index (χ2v) is 4.81. The van der Waals surface area contributed by atoms with Gasteiger partial charge in [0.2, 0.25) is 0 Å². The van der Waals surface area contributed by atoms with Gasteiger partial charge in [0.1, 0.15) is 0 Å². The topological polar surface area (TPSA) is 3.01 Å². The summed E-state index contributed by atoms with van der Waals surface area (Å²) < 4.78 is 0. The first-order valence-electron chi connectivity index (χ1n) is 5.03. The summed E-state index contributed by atoms with van der Waals surface area (Å²) in [7, 11) is 0. The standard InChI is InChI=1S/C10H17N/c1-6-8-3-4-11-5-9(11)7(2)10(6)8/h6-10H,3-5H2,1-2H3/t6-,7+,8+,9-,10?,11-/m0/s1. The summed E-state index contributed by atoms with van der Waals surface area (Å²) in [5.74, 6) is 4.29. The minimum atomic E-state index is 0.995. The van der Waals surface area contributed by atoms with Crippen LogP contribution in [-0.4, -0.2) is 24.0 Å². The molecule has 2 heterocycles. The Morgan fingerprint density at radius 2 is 2.00 bits per heavy atom. The molecule has 11 heavy (non-hydrogen) atoms. The lowest BCUT2D eigenvalue weighted by atomic mass is 10.00. The fourth-order valence-electron chi connectivity index (χ4n) is 3.42. The fraction of sp³-hybridized carbons (Fsp3) is 1.00. The van der Waals surface area contributed by atoms with Gasteiger partial charge in [0.15, 0.2) is 0 Å². The van der Waals surface area contributed by atoms with Gasteiger partial charge >= 0.3 is 0 Å². The molecule has 3 aliphatic rings. The lowest BCUT2D eigenvalue weighted by Gasteiger charge is -2.07. The molecule has 1 aliphatic carbocycles. The van der Waals surface area contributed by atoms with Crippen LogP contribution in [-0.2, 0) is 0 Å². The zero-order valence-corrected chi connectivity index (χ0v) is 7.46. The number of hydrogen-bond donors (Lipinski definition) is 0. The van der Waals surface area contributed by atoms with Crippen molar-refractivity contribution in [2.24, 2.45) is 23.7 Å². The van der Waals surface area contributed by atoms with Gasteiger partial charge in [-0.25, -0.2) is 0 Å². The molecule has 62 valence electrons. The molecule has 0 spiro atoms. The van der Waals surface area contributed by atoms with E-state index in [0.717, 1.165) is 29.7 Å². The molecule has 0 radical (unpaired) electrons. The van der Waals surface area contributed by atoms with Crippen LogP contribution in [0.1, 0.15) is 20.3 Å². The molecule has 0 N–H and O–H groups in total. The van der Waals surface area contributed by atoms with Gasteiger partial charge in [0, 0.05) is 12.6 Å². The highest BCUT2D eigenvalue weighted by Gasteiger charge is 2.57. The second kappa shape index (κ2) is 1.82. The Labute approximate surface area is 68.8 Å². The zero-order chi connectivity index (χ0) is 7.59. The van der Waals surface area contributed by atoms with E-state index in [-0.39, 0.29) is 0 Å². The molecule has 3 rings (SSSR count). The Hall–Kier alpha value is -0.0400. The lowest BCUT2D eigenvalue weighted by molar-refractivity contribution is 0.406. The van der Waals surface area contributed by atoms with E-state index in [2.05, 4.69) is 18.7 Å². The SMILES string of the molecule is C[C@@H]1C2[C@H](C)[C@@H]3C[N@]3CC[C@@H]21. The molecule has 0 amide bonds. The van der Waals surface area contributed by atoms with Crippen molar-refractivity contribution in [3.05, 3.63) is 0 Å². The smallest absolute Gasteiger partial charge is 0.0252 e. The van der Waals surface area contributed by atoms with Gasteiger partial charge in [0.05, 0.1) is 0 Å². The number of fused-ring (bicyclic) bond motifs is 2. The summed E-state index contributed by atoms with van der Waals surface area (Å²) in [6.45, 7) is 7.73. The molecule has 0 bridgehead atoms. The van der Waals surface area contributed by atoms with E-state index >= 15 is 0 Å². The van der Waals surface area contributed by atoms with E-state index in [1.807, 2.05) is 0 Å². The van der Waals surface area contributed by atoms with Gasteiger partial charge in [-0.1, -0.05) is 13.8 Å². The van der Waals surface area contributed by atoms with Gasteiger partial charge in [-0.15, -0.1) is 0 Å². The third-order valence-corrected chi connectivity index (χ3v) is 4.36. The van der Waals surface area contributed by atoms with Crippen molar-refractivity contribution in [1.29, 1.82) is 0 Å². The van der Waals surface area contributed by atoms with Gasteiger partial charge in [-0.05, 0) is 36.6 Å². The molecule has 1 nitrogen and oxygen atoms in total. The minimum absolute atomic E-state index is 0.995. The summed E-state index contributed by atoms with van der Waals surface area (Å²) in [5.41, 5.74) is 0. The molecule has 1 unspecified atom stereocenters. The van der Waals surface area contributed by atoms with Crippen LogP contribution in [0, 0.1) is 23.7 Å². The highest BCUT2D eigenvalue weighted by atomic mass is 15.3. The molecular weight excluding hydrogens is 134 g/mol. The minimum Gasteiger partial charge on any atom is -0.297 e. The quantitative estimate of drug-likeness (QED) is 0.475. The van der Waals surface area contributed by atoms with Gasteiger partial charge in [-0.3, -0.25) is 4.90 Å².